The summed E-state index contributed by atoms with van der Waals surface area (Å²) in [5.74, 6) is -0.536. The van der Waals surface area contributed by atoms with Crippen molar-refractivity contribution in [2.45, 2.75) is 4.95 Å². The van der Waals surface area contributed by atoms with E-state index in [1.165, 1.54) is 0 Å². The third kappa shape index (κ3) is 2.35. The Morgan fingerprint density at radius 3 is 2.38 bits per heavy atom. The summed E-state index contributed by atoms with van der Waals surface area (Å²) in [6, 6.07) is 8.15. The molecule has 0 aromatic heterocycles. The molecule has 13 heavy (non-hydrogen) atoms. The number of rotatable bonds is 3. The average molecular weight is 244 g/mol. The monoisotopic (exact) mass is 243 g/mol. The van der Waals surface area contributed by atoms with E-state index in [4.69, 9.17) is 0 Å². The summed E-state index contributed by atoms with van der Waals surface area (Å²) >= 11 is 2.70. The van der Waals surface area contributed by atoms with Gasteiger partial charge in [0.1, 0.15) is 0 Å². The van der Waals surface area contributed by atoms with Crippen molar-refractivity contribution < 1.29 is 9.72 Å². The van der Waals surface area contributed by atoms with Crippen molar-refractivity contribution in [3.63, 3.8) is 0 Å². The molecule has 0 aliphatic heterocycles. The number of carbonyl (C=O) groups is 1. The van der Waals surface area contributed by atoms with Crippen molar-refractivity contribution in [1.29, 1.82) is 0 Å². The van der Waals surface area contributed by atoms with Gasteiger partial charge in [-0.05, 0) is 0 Å². The number of alkyl halides is 1. The second kappa shape index (κ2) is 4.13. The highest BCUT2D eigenvalue weighted by Gasteiger charge is 2.26. The van der Waals surface area contributed by atoms with E-state index in [0.29, 0.717) is 5.56 Å². The number of nitro groups is 1. The number of halogens is 1. The molecule has 1 aromatic carbocycles. The quantitative estimate of drug-likeness (QED) is 0.268. The Kier molecular flexibility index (Phi) is 3.13. The first kappa shape index (κ1) is 9.85. The van der Waals surface area contributed by atoms with Crippen LogP contribution in [0.25, 0.3) is 0 Å². The van der Waals surface area contributed by atoms with Crippen molar-refractivity contribution in [2.24, 2.45) is 0 Å². The highest BCUT2D eigenvalue weighted by molar-refractivity contribution is 9.09. The van der Waals surface area contributed by atoms with Gasteiger partial charge in [0, 0.05) is 26.4 Å². The van der Waals surface area contributed by atoms with Crippen LogP contribution in [-0.2, 0) is 0 Å². The number of hydrogen-bond donors (Lipinski definition) is 0. The fourth-order valence-corrected chi connectivity index (χ4v) is 1.10. The molecule has 1 aromatic rings. The molecule has 4 nitrogen and oxygen atoms in total. The van der Waals surface area contributed by atoms with Gasteiger partial charge in [0.15, 0.2) is 0 Å². The van der Waals surface area contributed by atoms with E-state index in [-0.39, 0.29) is 0 Å². The maximum atomic E-state index is 11.3. The Bertz CT molecular complexity index is 325. The minimum absolute atomic E-state index is 0.334. The zero-order chi connectivity index (χ0) is 9.84. The second-order valence-corrected chi connectivity index (χ2v) is 3.22. The van der Waals surface area contributed by atoms with Crippen LogP contribution in [0.2, 0.25) is 0 Å². The molecular weight excluding hydrogens is 238 g/mol. The predicted octanol–water partition coefficient (Wildman–Crippen LogP) is 1.87. The second-order valence-electron chi connectivity index (χ2n) is 2.35. The molecule has 0 spiro atoms. The zero-order valence-electron chi connectivity index (χ0n) is 6.51. The maximum Gasteiger partial charge on any atom is 0.327 e. The lowest BCUT2D eigenvalue weighted by Gasteiger charge is -2.00. The van der Waals surface area contributed by atoms with Crippen LogP contribution < -0.4 is 0 Å². The fourth-order valence-electron chi connectivity index (χ4n) is 0.836. The van der Waals surface area contributed by atoms with Gasteiger partial charge >= 0.3 is 4.95 Å². The molecule has 0 saturated carbocycles. The normalized spacial score (nSPS) is 12.1. The number of ketones is 1. The van der Waals surface area contributed by atoms with Crippen LogP contribution in [-0.4, -0.2) is 15.7 Å². The molecule has 68 valence electrons. The van der Waals surface area contributed by atoms with Crippen LogP contribution in [0, 0.1) is 10.1 Å². The zero-order valence-corrected chi connectivity index (χ0v) is 8.10. The van der Waals surface area contributed by atoms with Gasteiger partial charge in [-0.25, -0.2) is 0 Å². The van der Waals surface area contributed by atoms with Crippen molar-refractivity contribution in [2.75, 3.05) is 0 Å². The molecule has 0 radical (unpaired) electrons. The summed E-state index contributed by atoms with van der Waals surface area (Å²) in [5.41, 5.74) is 0.334. The molecular formula is C8H6BrNO3. The van der Waals surface area contributed by atoms with E-state index in [1.807, 2.05) is 0 Å². The van der Waals surface area contributed by atoms with Crippen LogP contribution in [0.5, 0.6) is 0 Å². The molecule has 0 saturated heterocycles. The summed E-state index contributed by atoms with van der Waals surface area (Å²) in [7, 11) is 0. The van der Waals surface area contributed by atoms with E-state index in [2.05, 4.69) is 15.9 Å². The van der Waals surface area contributed by atoms with E-state index in [1.54, 1.807) is 30.3 Å². The predicted molar refractivity (Wildman–Crippen MR) is 50.5 cm³/mol. The van der Waals surface area contributed by atoms with Gasteiger partial charge in [0.25, 0.3) is 0 Å². The van der Waals surface area contributed by atoms with E-state index in [0.717, 1.165) is 0 Å². The van der Waals surface area contributed by atoms with Gasteiger partial charge in [-0.15, -0.1) is 0 Å². The summed E-state index contributed by atoms with van der Waals surface area (Å²) < 4.78 is 0. The van der Waals surface area contributed by atoms with Crippen molar-refractivity contribution in [3.05, 3.63) is 46.0 Å². The lowest BCUT2D eigenvalue weighted by atomic mass is 10.1. The Balaban J connectivity index is 2.86. The largest absolute Gasteiger partial charge is 0.327 e. The molecule has 1 rings (SSSR count). The smallest absolute Gasteiger partial charge is 0.285 e. The van der Waals surface area contributed by atoms with Gasteiger partial charge in [0.05, 0.1) is 0 Å². The highest BCUT2D eigenvalue weighted by Crippen LogP contribution is 2.10. The van der Waals surface area contributed by atoms with Crippen molar-refractivity contribution in [1.82, 2.24) is 0 Å². The summed E-state index contributed by atoms with van der Waals surface area (Å²) in [4.78, 5) is 19.5. The number of hydrogen-bond acceptors (Lipinski definition) is 3. The topological polar surface area (TPSA) is 60.2 Å². The van der Waals surface area contributed by atoms with Crippen LogP contribution in [0.4, 0.5) is 0 Å². The Hall–Kier alpha value is -1.23. The molecule has 0 bridgehead atoms. The first-order valence-corrected chi connectivity index (χ1v) is 4.41. The molecule has 0 fully saturated rings. The first-order chi connectivity index (χ1) is 6.13. The summed E-state index contributed by atoms with van der Waals surface area (Å²) in [6.07, 6.45) is 0. The Labute approximate surface area is 82.8 Å². The highest BCUT2D eigenvalue weighted by atomic mass is 79.9. The van der Waals surface area contributed by atoms with E-state index in [9.17, 15) is 14.9 Å². The lowest BCUT2D eigenvalue weighted by molar-refractivity contribution is -0.477. The van der Waals surface area contributed by atoms with E-state index >= 15 is 0 Å². The SMILES string of the molecule is O=C(c1ccccc1)[C@@H](Br)[N+](=O)[O-]. The van der Waals surface area contributed by atoms with Gasteiger partial charge in [-0.3, -0.25) is 14.9 Å². The molecule has 0 aliphatic carbocycles. The maximum absolute atomic E-state index is 11.3. The number of carbonyl (C=O) groups excluding carboxylic acids is 1. The number of Topliss-reactive ketones (excluding diaryl/α,β-unsaturated/α-hetero) is 1. The molecule has 0 unspecified atom stereocenters. The van der Waals surface area contributed by atoms with Crippen LogP contribution in [0.15, 0.2) is 30.3 Å². The standard InChI is InChI=1S/C8H6BrNO3/c9-8(10(12)13)7(11)6-4-2-1-3-5-6/h1-5,8H/t8-/m0/s1. The fraction of sp³-hybridized carbons (Fsp3) is 0.125. The van der Waals surface area contributed by atoms with Crippen LogP contribution in [0.1, 0.15) is 10.4 Å². The minimum Gasteiger partial charge on any atom is -0.285 e. The molecule has 0 amide bonds. The van der Waals surface area contributed by atoms with Crippen LogP contribution >= 0.6 is 15.9 Å². The van der Waals surface area contributed by atoms with E-state index < -0.39 is 15.7 Å². The number of benzene rings is 1. The Morgan fingerprint density at radius 2 is 1.92 bits per heavy atom. The molecule has 5 heteroatoms. The Morgan fingerprint density at radius 1 is 1.38 bits per heavy atom. The molecule has 0 aliphatic rings. The summed E-state index contributed by atoms with van der Waals surface area (Å²) in [6.45, 7) is 0. The average Bonchev–Trinajstić information content (AvgIpc) is 2.17. The van der Waals surface area contributed by atoms with Crippen LogP contribution in [0.3, 0.4) is 0 Å². The number of nitrogens with zero attached hydrogens (tertiary/aromatic N) is 1. The third-order valence-electron chi connectivity index (χ3n) is 1.46. The van der Waals surface area contributed by atoms with Gasteiger partial charge in [-0.2, -0.15) is 0 Å². The van der Waals surface area contributed by atoms with Gasteiger partial charge < -0.3 is 0 Å². The molecule has 0 heterocycles. The third-order valence-corrected chi connectivity index (χ3v) is 2.21. The summed E-state index contributed by atoms with van der Waals surface area (Å²) in [5, 5.41) is 10.3. The van der Waals surface area contributed by atoms with Crippen molar-refractivity contribution in [3.8, 4) is 0 Å². The molecule has 1 atom stereocenters. The first-order valence-electron chi connectivity index (χ1n) is 3.50. The molecule has 0 N–H and O–H groups in total. The minimum atomic E-state index is -1.35. The van der Waals surface area contributed by atoms with Gasteiger partial charge in [-0.1, -0.05) is 30.3 Å². The lowest BCUT2D eigenvalue weighted by Crippen LogP contribution is -2.22. The van der Waals surface area contributed by atoms with Gasteiger partial charge in [0.2, 0.25) is 5.78 Å². The van der Waals surface area contributed by atoms with Crippen molar-refractivity contribution >= 4 is 21.7 Å².